The summed E-state index contributed by atoms with van der Waals surface area (Å²) in [6.45, 7) is 5.64. The smallest absolute Gasteiger partial charge is 0.129 e. The highest BCUT2D eigenvalue weighted by Crippen LogP contribution is 2.22. The van der Waals surface area contributed by atoms with Crippen molar-refractivity contribution in [1.29, 1.82) is 0 Å². The molecule has 0 bridgehead atoms. The summed E-state index contributed by atoms with van der Waals surface area (Å²) in [4.78, 5) is 0. The summed E-state index contributed by atoms with van der Waals surface area (Å²) < 4.78 is 18.8. The first-order valence-corrected chi connectivity index (χ1v) is 5.73. The molecule has 0 radical (unpaired) electrons. The van der Waals surface area contributed by atoms with Crippen LogP contribution >= 0.6 is 0 Å². The van der Waals surface area contributed by atoms with E-state index >= 15 is 0 Å². The Bertz CT molecular complexity index is 404. The van der Waals surface area contributed by atoms with Crippen LogP contribution in [0.25, 0.3) is 0 Å². The average Bonchev–Trinajstić information content (AvgIpc) is 2.30. The zero-order valence-electron chi connectivity index (χ0n) is 10.4. The number of hydrogen-bond donors (Lipinski definition) is 1. The Morgan fingerprint density at radius 2 is 2.24 bits per heavy atom. The zero-order chi connectivity index (χ0) is 12.8. The minimum atomic E-state index is -0.376. The van der Waals surface area contributed by atoms with Crippen molar-refractivity contribution < 1.29 is 14.3 Å². The highest BCUT2D eigenvalue weighted by atomic mass is 19.1. The molecule has 1 N–H and O–H groups in total. The normalized spacial score (nSPS) is 13.5. The van der Waals surface area contributed by atoms with E-state index in [4.69, 9.17) is 9.94 Å². The molecule has 1 atom stereocenters. The van der Waals surface area contributed by atoms with Crippen LogP contribution in [0.3, 0.4) is 0 Å². The maximum atomic E-state index is 13.1. The van der Waals surface area contributed by atoms with Gasteiger partial charge in [0.2, 0.25) is 0 Å². The molecule has 0 aromatic heterocycles. The number of oxime groups is 1. The van der Waals surface area contributed by atoms with Gasteiger partial charge in [-0.05, 0) is 38.5 Å². The molecule has 0 saturated carbocycles. The molecule has 0 amide bonds. The first kappa shape index (κ1) is 13.5. The third-order valence-electron chi connectivity index (χ3n) is 2.50. The molecule has 4 heteroatoms. The Morgan fingerprint density at radius 3 is 2.82 bits per heavy atom. The van der Waals surface area contributed by atoms with Gasteiger partial charge in [0.15, 0.2) is 0 Å². The van der Waals surface area contributed by atoms with Gasteiger partial charge in [-0.15, -0.1) is 0 Å². The summed E-state index contributed by atoms with van der Waals surface area (Å²) in [5.41, 5.74) is 0.818. The van der Waals surface area contributed by atoms with Gasteiger partial charge < -0.3 is 9.94 Å². The second kappa shape index (κ2) is 6.23. The van der Waals surface area contributed by atoms with Crippen molar-refractivity contribution in [2.75, 3.05) is 0 Å². The number of hydrogen-bond acceptors (Lipinski definition) is 3. The molecule has 17 heavy (non-hydrogen) atoms. The van der Waals surface area contributed by atoms with E-state index in [1.807, 2.05) is 6.92 Å². The molecule has 0 aliphatic carbocycles. The lowest BCUT2D eigenvalue weighted by Crippen LogP contribution is -2.13. The number of benzene rings is 1. The maximum absolute atomic E-state index is 13.1. The van der Waals surface area contributed by atoms with E-state index in [0.29, 0.717) is 17.0 Å². The molecule has 1 unspecified atom stereocenters. The molecule has 0 spiro atoms. The van der Waals surface area contributed by atoms with Crippen LogP contribution in [0.5, 0.6) is 5.75 Å². The summed E-state index contributed by atoms with van der Waals surface area (Å²) in [6, 6.07) is 4.21. The standard InChI is InChI=1S/C13H18FNO2/c1-4-5-9(2)17-13-7-6-11(14)8-12(13)10(3)15-16/h6-9,16H,4-5H2,1-3H3/b15-10+. The Morgan fingerprint density at radius 1 is 1.53 bits per heavy atom. The third kappa shape index (κ3) is 3.73. The Balaban J connectivity index is 2.98. The number of rotatable bonds is 5. The van der Waals surface area contributed by atoms with Gasteiger partial charge in [0.1, 0.15) is 11.6 Å². The largest absolute Gasteiger partial charge is 0.490 e. The van der Waals surface area contributed by atoms with Gasteiger partial charge in [0.25, 0.3) is 0 Å². The van der Waals surface area contributed by atoms with Crippen LogP contribution in [0.2, 0.25) is 0 Å². The second-order valence-electron chi connectivity index (χ2n) is 4.04. The molecule has 94 valence electrons. The van der Waals surface area contributed by atoms with Gasteiger partial charge in [0, 0.05) is 5.56 Å². The van der Waals surface area contributed by atoms with Crippen LogP contribution in [0.4, 0.5) is 4.39 Å². The van der Waals surface area contributed by atoms with Crippen LogP contribution in [0.1, 0.15) is 39.2 Å². The molecule has 0 fully saturated rings. The van der Waals surface area contributed by atoms with Crippen molar-refractivity contribution in [3.05, 3.63) is 29.6 Å². The minimum absolute atomic E-state index is 0.0516. The van der Waals surface area contributed by atoms with E-state index in [9.17, 15) is 4.39 Å². The zero-order valence-corrected chi connectivity index (χ0v) is 10.4. The van der Waals surface area contributed by atoms with Crippen LogP contribution in [-0.4, -0.2) is 17.0 Å². The first-order valence-electron chi connectivity index (χ1n) is 5.73. The topological polar surface area (TPSA) is 41.8 Å². The molecule has 0 aliphatic rings. The number of nitrogens with zero attached hydrogens (tertiary/aromatic N) is 1. The molecule has 1 aromatic carbocycles. The highest BCUT2D eigenvalue weighted by molar-refractivity contribution is 6.00. The summed E-state index contributed by atoms with van der Waals surface area (Å²) in [5, 5.41) is 11.8. The summed E-state index contributed by atoms with van der Waals surface area (Å²) >= 11 is 0. The monoisotopic (exact) mass is 239 g/mol. The molecule has 0 aliphatic heterocycles. The Hall–Kier alpha value is -1.58. The van der Waals surface area contributed by atoms with Gasteiger partial charge in [-0.2, -0.15) is 0 Å². The summed E-state index contributed by atoms with van der Waals surface area (Å²) in [7, 11) is 0. The lowest BCUT2D eigenvalue weighted by Gasteiger charge is -2.16. The van der Waals surface area contributed by atoms with E-state index in [1.54, 1.807) is 13.0 Å². The fraction of sp³-hybridized carbons (Fsp3) is 0.462. The van der Waals surface area contributed by atoms with Crippen molar-refractivity contribution in [2.24, 2.45) is 5.16 Å². The quantitative estimate of drug-likeness (QED) is 0.484. The lowest BCUT2D eigenvalue weighted by atomic mass is 10.1. The molecule has 0 heterocycles. The van der Waals surface area contributed by atoms with Crippen LogP contribution in [0, 0.1) is 5.82 Å². The van der Waals surface area contributed by atoms with E-state index in [-0.39, 0.29) is 11.9 Å². The fourth-order valence-corrected chi connectivity index (χ4v) is 1.62. The summed E-state index contributed by atoms with van der Waals surface area (Å²) in [6.07, 6.45) is 1.99. The minimum Gasteiger partial charge on any atom is -0.490 e. The molecular formula is C13H18FNO2. The Labute approximate surface area is 101 Å². The van der Waals surface area contributed by atoms with Crippen molar-refractivity contribution in [2.45, 2.75) is 39.7 Å². The van der Waals surface area contributed by atoms with Gasteiger partial charge in [0.05, 0.1) is 11.8 Å². The number of ether oxygens (including phenoxy) is 1. The SMILES string of the molecule is CCCC(C)Oc1ccc(F)cc1/C(C)=N/O. The molecular weight excluding hydrogens is 221 g/mol. The van der Waals surface area contributed by atoms with Crippen LogP contribution in [-0.2, 0) is 0 Å². The third-order valence-corrected chi connectivity index (χ3v) is 2.50. The average molecular weight is 239 g/mol. The van der Waals surface area contributed by atoms with Gasteiger partial charge in [-0.3, -0.25) is 0 Å². The predicted octanol–water partition coefficient (Wildman–Crippen LogP) is 3.59. The van der Waals surface area contributed by atoms with E-state index in [1.165, 1.54) is 12.1 Å². The van der Waals surface area contributed by atoms with Gasteiger partial charge >= 0.3 is 0 Å². The van der Waals surface area contributed by atoms with E-state index < -0.39 is 0 Å². The van der Waals surface area contributed by atoms with Crippen molar-refractivity contribution in [3.8, 4) is 5.75 Å². The summed E-state index contributed by atoms with van der Waals surface area (Å²) in [5.74, 6) is 0.168. The Kier molecular flexibility index (Phi) is 4.94. The molecule has 1 rings (SSSR count). The molecule has 1 aromatic rings. The molecule has 0 saturated heterocycles. The van der Waals surface area contributed by atoms with Crippen LogP contribution < -0.4 is 4.74 Å². The van der Waals surface area contributed by atoms with Gasteiger partial charge in [-0.25, -0.2) is 4.39 Å². The van der Waals surface area contributed by atoms with E-state index in [2.05, 4.69) is 12.1 Å². The van der Waals surface area contributed by atoms with Gasteiger partial charge in [-0.1, -0.05) is 18.5 Å². The predicted molar refractivity (Wildman–Crippen MR) is 65.4 cm³/mol. The van der Waals surface area contributed by atoms with E-state index in [0.717, 1.165) is 12.8 Å². The van der Waals surface area contributed by atoms with Crippen molar-refractivity contribution >= 4 is 5.71 Å². The maximum Gasteiger partial charge on any atom is 0.129 e. The van der Waals surface area contributed by atoms with Crippen molar-refractivity contribution in [1.82, 2.24) is 0 Å². The molecule has 3 nitrogen and oxygen atoms in total. The highest BCUT2D eigenvalue weighted by Gasteiger charge is 2.11. The fourth-order valence-electron chi connectivity index (χ4n) is 1.62. The number of halogens is 1. The van der Waals surface area contributed by atoms with Crippen molar-refractivity contribution in [3.63, 3.8) is 0 Å². The first-order chi connectivity index (χ1) is 8.08. The second-order valence-corrected chi connectivity index (χ2v) is 4.04. The lowest BCUT2D eigenvalue weighted by molar-refractivity contribution is 0.209. The van der Waals surface area contributed by atoms with Crippen LogP contribution in [0.15, 0.2) is 23.4 Å².